The second-order valence-electron chi connectivity index (χ2n) is 11.9. The summed E-state index contributed by atoms with van der Waals surface area (Å²) in [5.74, 6) is 2.44. The van der Waals surface area contributed by atoms with Crippen LogP contribution in [-0.2, 0) is 17.8 Å². The number of hydrogen-bond acceptors (Lipinski definition) is 10. The van der Waals surface area contributed by atoms with Gasteiger partial charge in [0.15, 0.2) is 17.5 Å². The van der Waals surface area contributed by atoms with Gasteiger partial charge in [0.25, 0.3) is 5.91 Å². The number of carbonyl (C=O) groups is 1. The molecule has 0 atom stereocenters. The lowest BCUT2D eigenvalue weighted by molar-refractivity contribution is 0.0910. The van der Waals surface area contributed by atoms with E-state index in [4.69, 9.17) is 20.4 Å². The van der Waals surface area contributed by atoms with Crippen molar-refractivity contribution in [1.82, 2.24) is 30.4 Å². The minimum Gasteiger partial charge on any atom is -0.494 e. The zero-order valence-electron chi connectivity index (χ0n) is 27.7. The lowest BCUT2D eigenvalue weighted by Crippen LogP contribution is -2.57. The number of ether oxygens (including phenoxy) is 1. The Kier molecular flexibility index (Phi) is 10.8. The van der Waals surface area contributed by atoms with Gasteiger partial charge in [-0.05, 0) is 60.3 Å². The molecule has 5 rings (SSSR count). The molecule has 1 aromatic carbocycles. The predicted octanol–water partition coefficient (Wildman–Crippen LogP) is 4.51. The van der Waals surface area contributed by atoms with Crippen LogP contribution >= 0.6 is 0 Å². The molecule has 0 bridgehead atoms. The van der Waals surface area contributed by atoms with Gasteiger partial charge in [-0.25, -0.2) is 4.79 Å². The fourth-order valence-electron chi connectivity index (χ4n) is 5.65. The van der Waals surface area contributed by atoms with E-state index in [1.807, 2.05) is 43.3 Å². The number of benzene rings is 1. The quantitative estimate of drug-likeness (QED) is 0.134. The Morgan fingerprint density at radius 1 is 1.10 bits per heavy atom. The molecule has 11 nitrogen and oxygen atoms in total. The van der Waals surface area contributed by atoms with E-state index < -0.39 is 11.2 Å². The number of pyridine rings is 2. The molecule has 0 saturated heterocycles. The van der Waals surface area contributed by atoms with Gasteiger partial charge in [0.2, 0.25) is 0 Å². The van der Waals surface area contributed by atoms with Crippen molar-refractivity contribution in [3.05, 3.63) is 83.6 Å². The fraction of sp³-hybridized carbons (Fsp3) is 0.343. The monoisotopic (exact) mass is 640 g/mol. The zero-order chi connectivity index (χ0) is 34.3. The van der Waals surface area contributed by atoms with Crippen molar-refractivity contribution in [3.63, 3.8) is 0 Å². The molecule has 13 heteroatoms. The molecule has 1 saturated carbocycles. The summed E-state index contributed by atoms with van der Waals surface area (Å²) in [5.41, 5.74) is 5.31. The lowest BCUT2D eigenvalue weighted by atomic mass is 9.50. The molecule has 4 radical (unpaired) electrons. The number of carbonyl (C=O) groups excluding carboxylic acids is 2. The van der Waals surface area contributed by atoms with E-state index in [0.717, 1.165) is 48.9 Å². The number of nitrogens with one attached hydrogen (secondary N) is 3. The SMILES string of the molecule is [B]C([B])(NC(=O)c1nnc(NC)cc1Nc1cccc(-c2ccc(C(=C=O)N(C)Cc3cc(CCC)ccn3)nc2)c1OC)C1CCC1. The van der Waals surface area contributed by atoms with E-state index in [1.54, 1.807) is 43.6 Å². The lowest BCUT2D eigenvalue weighted by Gasteiger charge is -2.42. The average molecular weight is 640 g/mol. The van der Waals surface area contributed by atoms with Crippen LogP contribution in [0.4, 0.5) is 17.2 Å². The highest BCUT2D eigenvalue weighted by Gasteiger charge is 2.35. The molecule has 3 heterocycles. The molecule has 0 aliphatic heterocycles. The van der Waals surface area contributed by atoms with Crippen LogP contribution in [0.3, 0.4) is 0 Å². The first kappa shape index (κ1) is 34.2. The molecule has 0 unspecified atom stereocenters. The van der Waals surface area contributed by atoms with Crippen molar-refractivity contribution in [2.45, 2.75) is 50.9 Å². The van der Waals surface area contributed by atoms with Crippen LogP contribution in [0.2, 0.25) is 0 Å². The van der Waals surface area contributed by atoms with Gasteiger partial charge >= 0.3 is 0 Å². The standard InChI is InChI=1S/C35H38B2N8O3/c1-5-8-22-15-16-39-25(17-22)20-45(3)30(21-46)27-14-13-23(19-40-27)26-11-7-12-28(33(26)48-4)41-29-18-31(38-2)43-44-32(29)34(47)42-35(36,37)24-9-6-10-24/h7,11-19,24H,5-6,8-10,20H2,1-4H3,(H,42,47)(H2,38,41,43). The number of para-hydroxylation sites is 1. The van der Waals surface area contributed by atoms with Gasteiger partial charge in [0, 0.05) is 43.7 Å². The molecule has 242 valence electrons. The van der Waals surface area contributed by atoms with E-state index in [-0.39, 0.29) is 11.6 Å². The van der Waals surface area contributed by atoms with Crippen molar-refractivity contribution >= 4 is 50.4 Å². The number of aromatic nitrogens is 4. The molecular formula is C35H38B2N8O3. The number of rotatable bonds is 14. The van der Waals surface area contributed by atoms with Crippen LogP contribution in [0.5, 0.6) is 5.75 Å². The van der Waals surface area contributed by atoms with Gasteiger partial charge in [-0.15, -0.1) is 10.2 Å². The fourth-order valence-corrected chi connectivity index (χ4v) is 5.65. The smallest absolute Gasteiger partial charge is 0.273 e. The molecular weight excluding hydrogens is 602 g/mol. The van der Waals surface area contributed by atoms with Crippen molar-refractivity contribution in [2.24, 2.45) is 5.92 Å². The second kappa shape index (κ2) is 15.2. The topological polar surface area (TPSA) is 134 Å². The molecule has 4 aromatic rings. The number of aryl methyl sites for hydroxylation is 1. The van der Waals surface area contributed by atoms with E-state index in [2.05, 4.69) is 49.1 Å². The van der Waals surface area contributed by atoms with Crippen LogP contribution < -0.4 is 20.7 Å². The molecule has 48 heavy (non-hydrogen) atoms. The molecule has 1 aliphatic rings. The van der Waals surface area contributed by atoms with Crippen LogP contribution in [0, 0.1) is 5.92 Å². The summed E-state index contributed by atoms with van der Waals surface area (Å²) >= 11 is 0. The normalized spacial score (nSPS) is 12.8. The third kappa shape index (κ3) is 7.69. The average Bonchev–Trinajstić information content (AvgIpc) is 3.04. The van der Waals surface area contributed by atoms with Gasteiger partial charge in [-0.1, -0.05) is 38.0 Å². The first-order valence-electron chi connectivity index (χ1n) is 15.9. The van der Waals surface area contributed by atoms with Crippen LogP contribution in [0.1, 0.15) is 60.0 Å². The Bertz CT molecular complexity index is 1810. The Morgan fingerprint density at radius 3 is 2.56 bits per heavy atom. The van der Waals surface area contributed by atoms with Crippen molar-refractivity contribution in [2.75, 3.05) is 31.8 Å². The van der Waals surface area contributed by atoms with Crippen LogP contribution in [0.15, 0.2) is 60.9 Å². The van der Waals surface area contributed by atoms with Crippen molar-refractivity contribution < 1.29 is 14.3 Å². The van der Waals surface area contributed by atoms with E-state index in [9.17, 15) is 9.59 Å². The molecule has 3 aromatic heterocycles. The van der Waals surface area contributed by atoms with E-state index >= 15 is 0 Å². The highest BCUT2D eigenvalue weighted by molar-refractivity contribution is 6.41. The minimum absolute atomic E-state index is 0.0164. The highest BCUT2D eigenvalue weighted by Crippen LogP contribution is 2.39. The summed E-state index contributed by atoms with van der Waals surface area (Å²) in [6, 6.07) is 14.9. The second-order valence-corrected chi connectivity index (χ2v) is 11.9. The highest BCUT2D eigenvalue weighted by atomic mass is 16.5. The Labute approximate surface area is 283 Å². The summed E-state index contributed by atoms with van der Waals surface area (Å²) in [6.07, 6.45) is 8.19. The van der Waals surface area contributed by atoms with Crippen LogP contribution in [0.25, 0.3) is 16.8 Å². The zero-order valence-corrected chi connectivity index (χ0v) is 27.7. The van der Waals surface area contributed by atoms with Gasteiger partial charge < -0.3 is 25.6 Å². The molecule has 1 aliphatic carbocycles. The maximum absolute atomic E-state index is 13.4. The van der Waals surface area contributed by atoms with Crippen molar-refractivity contribution in [3.8, 4) is 16.9 Å². The maximum Gasteiger partial charge on any atom is 0.273 e. The van der Waals surface area contributed by atoms with Gasteiger partial charge in [0.05, 0.1) is 52.1 Å². The van der Waals surface area contributed by atoms with Crippen molar-refractivity contribution in [1.29, 1.82) is 0 Å². The van der Waals surface area contributed by atoms with Gasteiger partial charge in [0.1, 0.15) is 11.4 Å². The largest absolute Gasteiger partial charge is 0.494 e. The summed E-state index contributed by atoms with van der Waals surface area (Å²) in [5, 5.41) is 15.9. The summed E-state index contributed by atoms with van der Waals surface area (Å²) in [4.78, 5) is 36.3. The first-order valence-corrected chi connectivity index (χ1v) is 15.9. The summed E-state index contributed by atoms with van der Waals surface area (Å²) in [7, 11) is 17.6. The van der Waals surface area contributed by atoms with Crippen LogP contribution in [-0.4, -0.2) is 79.1 Å². The molecule has 3 N–H and O–H groups in total. The predicted molar refractivity (Wildman–Crippen MR) is 189 cm³/mol. The number of nitrogens with zero attached hydrogens (tertiary/aromatic N) is 5. The number of amides is 1. The number of anilines is 3. The first-order chi connectivity index (χ1) is 23.2. The third-order valence-corrected chi connectivity index (χ3v) is 8.48. The van der Waals surface area contributed by atoms with E-state index in [1.165, 1.54) is 5.56 Å². The summed E-state index contributed by atoms with van der Waals surface area (Å²) in [6.45, 7) is 2.57. The van der Waals surface area contributed by atoms with Gasteiger partial charge in [-0.2, -0.15) is 0 Å². The Hall–Kier alpha value is -5.15. The molecule has 1 amide bonds. The Balaban J connectivity index is 1.38. The number of hydrogen-bond donors (Lipinski definition) is 3. The maximum atomic E-state index is 13.4. The molecule has 0 spiro atoms. The minimum atomic E-state index is -1.36. The van der Waals surface area contributed by atoms with E-state index in [0.29, 0.717) is 40.9 Å². The summed E-state index contributed by atoms with van der Waals surface area (Å²) < 4.78 is 5.86. The third-order valence-electron chi connectivity index (χ3n) is 8.48. The molecule has 1 fully saturated rings. The number of methoxy groups -OCH3 is 1. The van der Waals surface area contributed by atoms with Gasteiger partial charge in [-0.3, -0.25) is 14.8 Å². The Morgan fingerprint density at radius 2 is 1.92 bits per heavy atom.